The van der Waals surface area contributed by atoms with Gasteiger partial charge in [-0.05, 0) is 0 Å². The normalized spacial score (nSPS) is 11.4. The van der Waals surface area contributed by atoms with Gasteiger partial charge in [-0.2, -0.15) is 18.2 Å². The molecule has 2 rings (SSSR count). The molecule has 0 amide bonds. The van der Waals surface area contributed by atoms with Crippen LogP contribution in [0.2, 0.25) is 0 Å². The smallest absolute Gasteiger partial charge is 0.231 e. The molecule has 1 aliphatic carbocycles. The topological polar surface area (TPSA) is 0 Å². The van der Waals surface area contributed by atoms with E-state index in [9.17, 15) is 0 Å². The van der Waals surface area contributed by atoms with E-state index in [2.05, 4.69) is 31.9 Å². The molecular weight excluding hydrogens is 248 g/mol. The molecule has 17 heavy (non-hydrogen) atoms. The molecule has 0 aromatic heterocycles. The van der Waals surface area contributed by atoms with Gasteiger partial charge in [0.1, 0.15) is 0 Å². The van der Waals surface area contributed by atoms with E-state index in [0.717, 1.165) is 6.42 Å². The van der Waals surface area contributed by atoms with Gasteiger partial charge in [-0.3, -0.25) is 0 Å². The second-order valence-electron chi connectivity index (χ2n) is 2.61. The van der Waals surface area contributed by atoms with Crippen molar-refractivity contribution in [2.75, 3.05) is 0 Å². The van der Waals surface area contributed by atoms with Crippen LogP contribution >= 0.6 is 0 Å². The van der Waals surface area contributed by atoms with Crippen molar-refractivity contribution < 1.29 is 17.1 Å². The van der Waals surface area contributed by atoms with Crippen molar-refractivity contribution in [1.82, 2.24) is 0 Å². The number of rotatable bonds is 1. The number of allylic oxidation sites excluding steroid dienone is 2. The van der Waals surface area contributed by atoms with Crippen molar-refractivity contribution >= 4 is 0 Å². The summed E-state index contributed by atoms with van der Waals surface area (Å²) in [4.78, 5) is 0. The van der Waals surface area contributed by atoms with E-state index in [1.165, 1.54) is 5.92 Å². The maximum absolute atomic E-state index is 2.16. The summed E-state index contributed by atoms with van der Waals surface area (Å²) >= 11 is 0. The predicted molar refractivity (Wildman–Crippen MR) is 76.0 cm³/mol. The molecule has 1 heteroatoms. The zero-order valence-electron chi connectivity index (χ0n) is 11.8. The van der Waals surface area contributed by atoms with Crippen LogP contribution in [0.5, 0.6) is 0 Å². The Bertz CT molecular complexity index is 174. The quantitative estimate of drug-likeness (QED) is 0.475. The van der Waals surface area contributed by atoms with Crippen LogP contribution < -0.4 is 0 Å². The van der Waals surface area contributed by atoms with Gasteiger partial charge in [-0.15, -0.1) is 6.42 Å². The minimum absolute atomic E-state index is 0. The molecule has 1 aliphatic rings. The van der Waals surface area contributed by atoms with Crippen LogP contribution in [-0.2, 0) is 17.1 Å². The van der Waals surface area contributed by atoms with Crippen molar-refractivity contribution in [3.05, 3.63) is 61.2 Å². The largest absolute Gasteiger partial charge is 2.00 e. The minimum Gasteiger partial charge on any atom is -0.231 e. The van der Waals surface area contributed by atoms with Crippen molar-refractivity contribution in [3.63, 3.8) is 0 Å². The molecule has 0 nitrogen and oxygen atoms in total. The molecule has 0 aliphatic heterocycles. The second kappa shape index (κ2) is 20.8. The molecular formula is C16H26Fe. The van der Waals surface area contributed by atoms with Gasteiger partial charge in [-0.1, -0.05) is 47.0 Å². The molecule has 0 bridgehead atoms. The van der Waals surface area contributed by atoms with Gasteiger partial charge in [0.15, 0.2) is 0 Å². The van der Waals surface area contributed by atoms with Crippen molar-refractivity contribution in [1.29, 1.82) is 0 Å². The average Bonchev–Trinajstić information content (AvgIpc) is 3.10. The Morgan fingerprint density at radius 3 is 1.71 bits per heavy atom. The molecule has 0 spiro atoms. The second-order valence-corrected chi connectivity index (χ2v) is 2.61. The van der Waals surface area contributed by atoms with Crippen molar-refractivity contribution in [3.8, 4) is 0 Å². The van der Waals surface area contributed by atoms with Crippen LogP contribution in [-0.4, -0.2) is 0 Å². The summed E-state index contributed by atoms with van der Waals surface area (Å²) in [5, 5.41) is 0. The Labute approximate surface area is 119 Å². The van der Waals surface area contributed by atoms with E-state index >= 15 is 0 Å². The summed E-state index contributed by atoms with van der Waals surface area (Å²) in [6.07, 6.45) is 9.57. The molecule has 0 unspecified atom stereocenters. The fourth-order valence-electron chi connectivity index (χ4n) is 0.970. The summed E-state index contributed by atoms with van der Waals surface area (Å²) in [5.41, 5.74) is 0. The van der Waals surface area contributed by atoms with Gasteiger partial charge in [0.2, 0.25) is 0 Å². The SMILES string of the molecule is CC.CC.CC[C]1[CH]C=C[CH-]1.[Fe+2].c1cc[cH-]c1. The molecule has 0 saturated heterocycles. The monoisotopic (exact) mass is 274 g/mol. The summed E-state index contributed by atoms with van der Waals surface area (Å²) < 4.78 is 0. The van der Waals surface area contributed by atoms with E-state index in [1.54, 1.807) is 0 Å². The summed E-state index contributed by atoms with van der Waals surface area (Å²) in [7, 11) is 0. The molecule has 0 heterocycles. The third-order valence-corrected chi connectivity index (χ3v) is 1.70. The molecule has 0 fully saturated rings. The van der Waals surface area contributed by atoms with Gasteiger partial charge in [0.25, 0.3) is 0 Å². The van der Waals surface area contributed by atoms with E-state index in [-0.39, 0.29) is 17.1 Å². The fourth-order valence-corrected chi connectivity index (χ4v) is 0.970. The Morgan fingerprint density at radius 2 is 1.53 bits per heavy atom. The first-order chi connectivity index (χ1) is 7.93. The third-order valence-electron chi connectivity index (χ3n) is 1.70. The van der Waals surface area contributed by atoms with Gasteiger partial charge in [0.05, 0.1) is 0 Å². The first kappa shape index (κ1) is 21.7. The van der Waals surface area contributed by atoms with Crippen molar-refractivity contribution in [2.45, 2.75) is 41.0 Å². The molecule has 2 radical (unpaired) electrons. The Morgan fingerprint density at radius 1 is 1.00 bits per heavy atom. The van der Waals surface area contributed by atoms with E-state index in [0.29, 0.717) is 0 Å². The first-order valence-electron chi connectivity index (χ1n) is 6.30. The summed E-state index contributed by atoms with van der Waals surface area (Å²) in [6.45, 7) is 10.2. The van der Waals surface area contributed by atoms with Crippen LogP contribution in [0.15, 0.2) is 42.5 Å². The Kier molecular flexibility index (Phi) is 26.6. The standard InChI is InChI=1S/C7H9.C5H5.2C2H6.Fe/c1-2-7-5-3-4-6-7;1-2-4-5-3-1;2*1-2;/h3-6H,2H2,1H3;1-5H;2*1-2H3;/q2*-1;;;+2. The molecule has 0 N–H and O–H groups in total. The van der Waals surface area contributed by atoms with Crippen LogP contribution in [0.3, 0.4) is 0 Å². The van der Waals surface area contributed by atoms with Gasteiger partial charge in [-0.25, -0.2) is 30.7 Å². The van der Waals surface area contributed by atoms with Crippen molar-refractivity contribution in [2.24, 2.45) is 0 Å². The molecule has 98 valence electrons. The zero-order chi connectivity index (χ0) is 12.6. The van der Waals surface area contributed by atoms with Gasteiger partial charge >= 0.3 is 17.1 Å². The third kappa shape index (κ3) is 15.5. The minimum atomic E-state index is 0. The maximum Gasteiger partial charge on any atom is 2.00 e. The van der Waals surface area contributed by atoms with Gasteiger partial charge < -0.3 is 0 Å². The molecule has 0 saturated carbocycles. The Hall–Kier alpha value is -0.521. The number of hydrogen-bond acceptors (Lipinski definition) is 0. The average molecular weight is 274 g/mol. The molecule has 1 aromatic rings. The van der Waals surface area contributed by atoms with Crippen LogP contribution in [0.25, 0.3) is 0 Å². The fraction of sp³-hybridized carbons (Fsp3) is 0.375. The van der Waals surface area contributed by atoms with E-state index in [1.807, 2.05) is 58.0 Å². The molecule has 1 aromatic carbocycles. The number of hydrogen-bond donors (Lipinski definition) is 0. The zero-order valence-corrected chi connectivity index (χ0v) is 12.9. The Balaban J connectivity index is -0.000000175. The van der Waals surface area contributed by atoms with Gasteiger partial charge in [0, 0.05) is 0 Å². The van der Waals surface area contributed by atoms with E-state index in [4.69, 9.17) is 0 Å². The first-order valence-corrected chi connectivity index (χ1v) is 6.30. The predicted octanol–water partition coefficient (Wildman–Crippen LogP) is 5.40. The van der Waals surface area contributed by atoms with E-state index < -0.39 is 0 Å². The van der Waals surface area contributed by atoms with Crippen LogP contribution in [0.1, 0.15) is 41.0 Å². The summed E-state index contributed by atoms with van der Waals surface area (Å²) in [6, 6.07) is 10.0. The summed E-state index contributed by atoms with van der Waals surface area (Å²) in [5.74, 6) is 1.43. The maximum atomic E-state index is 2.16. The van der Waals surface area contributed by atoms with Crippen LogP contribution in [0.4, 0.5) is 0 Å². The molecule has 0 atom stereocenters. The van der Waals surface area contributed by atoms with Crippen LogP contribution in [0, 0.1) is 18.8 Å².